The number of aliphatic hydroxyl groups is 1. The van der Waals surface area contributed by atoms with Crippen molar-refractivity contribution in [3.05, 3.63) is 65.5 Å². The molecule has 0 heterocycles. The van der Waals surface area contributed by atoms with E-state index in [0.717, 1.165) is 5.56 Å². The number of anilines is 1. The lowest BCUT2D eigenvalue weighted by Crippen LogP contribution is -2.13. The fourth-order valence-electron chi connectivity index (χ4n) is 1.65. The number of halogens is 1. The van der Waals surface area contributed by atoms with Crippen LogP contribution in [0.5, 0.6) is 0 Å². The quantitative estimate of drug-likeness (QED) is 0.901. The number of aliphatic hydroxyl groups excluding tert-OH is 1. The van der Waals surface area contributed by atoms with Crippen molar-refractivity contribution in [2.24, 2.45) is 0 Å². The number of amides is 1. The van der Waals surface area contributed by atoms with Gasteiger partial charge in [-0.3, -0.25) is 5.32 Å². The standard InChI is InChI=1S/C15H14FNO3/c16-14-7-6-13(8-12(14)9-18)17-15(19)20-10-11-4-2-1-3-5-11/h1-8,18H,9-10H2,(H,17,19). The number of carbonyl (C=O) groups excluding carboxylic acids is 1. The summed E-state index contributed by atoms with van der Waals surface area (Å²) in [5.74, 6) is -0.518. The van der Waals surface area contributed by atoms with E-state index in [1.807, 2.05) is 30.3 Å². The van der Waals surface area contributed by atoms with E-state index in [0.29, 0.717) is 5.69 Å². The Morgan fingerprint density at radius 3 is 2.65 bits per heavy atom. The van der Waals surface area contributed by atoms with Crippen LogP contribution < -0.4 is 5.32 Å². The molecule has 0 bridgehead atoms. The molecular weight excluding hydrogens is 261 g/mol. The van der Waals surface area contributed by atoms with Crippen LogP contribution >= 0.6 is 0 Å². The molecule has 0 spiro atoms. The van der Waals surface area contributed by atoms with E-state index in [9.17, 15) is 9.18 Å². The van der Waals surface area contributed by atoms with E-state index in [1.54, 1.807) is 0 Å². The maximum absolute atomic E-state index is 13.2. The topological polar surface area (TPSA) is 58.6 Å². The van der Waals surface area contributed by atoms with E-state index in [1.165, 1.54) is 18.2 Å². The Balaban J connectivity index is 1.91. The smallest absolute Gasteiger partial charge is 0.411 e. The van der Waals surface area contributed by atoms with Crippen molar-refractivity contribution < 1.29 is 19.0 Å². The van der Waals surface area contributed by atoms with Gasteiger partial charge in [-0.15, -0.1) is 0 Å². The summed E-state index contributed by atoms with van der Waals surface area (Å²) in [6.07, 6.45) is -0.635. The second-order valence-electron chi connectivity index (χ2n) is 4.15. The maximum atomic E-state index is 13.2. The summed E-state index contributed by atoms with van der Waals surface area (Å²) in [6.45, 7) is -0.277. The average Bonchev–Trinajstić information content (AvgIpc) is 2.48. The third-order valence-corrected chi connectivity index (χ3v) is 2.68. The highest BCUT2D eigenvalue weighted by molar-refractivity contribution is 5.84. The molecule has 0 atom stereocenters. The molecule has 0 aliphatic heterocycles. The molecule has 0 saturated carbocycles. The van der Waals surface area contributed by atoms with Crippen LogP contribution in [0.1, 0.15) is 11.1 Å². The van der Waals surface area contributed by atoms with Gasteiger partial charge in [0.1, 0.15) is 12.4 Å². The zero-order valence-electron chi connectivity index (χ0n) is 10.7. The van der Waals surface area contributed by atoms with Gasteiger partial charge in [-0.2, -0.15) is 0 Å². The number of ether oxygens (including phenoxy) is 1. The van der Waals surface area contributed by atoms with E-state index in [-0.39, 0.29) is 12.2 Å². The van der Waals surface area contributed by atoms with Crippen LogP contribution in [0.15, 0.2) is 48.5 Å². The summed E-state index contributed by atoms with van der Waals surface area (Å²) in [7, 11) is 0. The predicted molar refractivity (Wildman–Crippen MR) is 72.6 cm³/mol. The summed E-state index contributed by atoms with van der Waals surface area (Å²) in [5.41, 5.74) is 1.36. The third kappa shape index (κ3) is 3.80. The van der Waals surface area contributed by atoms with Crippen molar-refractivity contribution >= 4 is 11.8 Å². The lowest BCUT2D eigenvalue weighted by molar-refractivity contribution is 0.155. The average molecular weight is 275 g/mol. The fourth-order valence-corrected chi connectivity index (χ4v) is 1.65. The minimum atomic E-state index is -0.635. The highest BCUT2D eigenvalue weighted by atomic mass is 19.1. The lowest BCUT2D eigenvalue weighted by atomic mass is 10.2. The van der Waals surface area contributed by atoms with Gasteiger partial charge in [0.2, 0.25) is 0 Å². The number of rotatable bonds is 4. The molecule has 0 aliphatic carbocycles. The molecule has 2 N–H and O–H groups in total. The van der Waals surface area contributed by atoms with E-state index < -0.39 is 18.5 Å². The van der Waals surface area contributed by atoms with Crippen LogP contribution in [-0.2, 0) is 18.0 Å². The molecule has 2 rings (SSSR count). The third-order valence-electron chi connectivity index (χ3n) is 2.68. The first-order chi connectivity index (χ1) is 9.69. The highest BCUT2D eigenvalue weighted by Crippen LogP contribution is 2.15. The molecule has 2 aromatic rings. The van der Waals surface area contributed by atoms with Gasteiger partial charge in [-0.05, 0) is 23.8 Å². The summed E-state index contributed by atoms with van der Waals surface area (Å²) in [5, 5.41) is 11.4. The Kier molecular flexibility index (Phi) is 4.68. The van der Waals surface area contributed by atoms with Crippen LogP contribution in [0.25, 0.3) is 0 Å². The van der Waals surface area contributed by atoms with Crippen LogP contribution in [-0.4, -0.2) is 11.2 Å². The van der Waals surface area contributed by atoms with Gasteiger partial charge >= 0.3 is 6.09 Å². The summed E-state index contributed by atoms with van der Waals surface area (Å²) in [4.78, 5) is 11.6. The SMILES string of the molecule is O=C(Nc1ccc(F)c(CO)c1)OCc1ccccc1. The number of carbonyl (C=O) groups is 1. The van der Waals surface area contributed by atoms with Crippen molar-refractivity contribution in [3.8, 4) is 0 Å². The molecule has 1 amide bonds. The first-order valence-corrected chi connectivity index (χ1v) is 6.06. The molecule has 0 unspecified atom stereocenters. The molecule has 0 saturated heterocycles. The van der Waals surface area contributed by atoms with Crippen molar-refractivity contribution in [2.45, 2.75) is 13.2 Å². The van der Waals surface area contributed by atoms with Gasteiger partial charge in [-0.1, -0.05) is 30.3 Å². The highest BCUT2D eigenvalue weighted by Gasteiger charge is 2.07. The van der Waals surface area contributed by atoms with Crippen molar-refractivity contribution in [1.82, 2.24) is 0 Å². The van der Waals surface area contributed by atoms with Gasteiger partial charge in [-0.25, -0.2) is 9.18 Å². The van der Waals surface area contributed by atoms with Crippen LogP contribution in [0.3, 0.4) is 0 Å². The van der Waals surface area contributed by atoms with Crippen LogP contribution in [0.4, 0.5) is 14.9 Å². The molecular formula is C15H14FNO3. The Morgan fingerprint density at radius 1 is 1.20 bits per heavy atom. The van der Waals surface area contributed by atoms with Gasteiger partial charge in [0, 0.05) is 11.3 Å². The molecule has 2 aromatic carbocycles. The largest absolute Gasteiger partial charge is 0.444 e. The van der Waals surface area contributed by atoms with Gasteiger partial charge in [0.25, 0.3) is 0 Å². The van der Waals surface area contributed by atoms with Gasteiger partial charge in [0.05, 0.1) is 6.61 Å². The fraction of sp³-hybridized carbons (Fsp3) is 0.133. The maximum Gasteiger partial charge on any atom is 0.411 e. The van der Waals surface area contributed by atoms with Crippen LogP contribution in [0.2, 0.25) is 0 Å². The van der Waals surface area contributed by atoms with Crippen molar-refractivity contribution in [3.63, 3.8) is 0 Å². The van der Waals surface area contributed by atoms with Crippen LogP contribution in [0, 0.1) is 5.82 Å². The molecule has 0 aromatic heterocycles. The molecule has 104 valence electrons. The molecule has 20 heavy (non-hydrogen) atoms. The number of nitrogens with one attached hydrogen (secondary N) is 1. The molecule has 0 fully saturated rings. The first kappa shape index (κ1) is 14.0. The normalized spacial score (nSPS) is 10.1. The number of hydrogen-bond acceptors (Lipinski definition) is 3. The minimum absolute atomic E-state index is 0.117. The predicted octanol–water partition coefficient (Wildman–Crippen LogP) is 3.07. The number of hydrogen-bond donors (Lipinski definition) is 2. The van der Waals surface area contributed by atoms with Gasteiger partial charge < -0.3 is 9.84 Å². The number of benzene rings is 2. The summed E-state index contributed by atoms with van der Waals surface area (Å²) >= 11 is 0. The lowest BCUT2D eigenvalue weighted by Gasteiger charge is -2.08. The second kappa shape index (κ2) is 6.68. The molecule has 5 heteroatoms. The van der Waals surface area contributed by atoms with Gasteiger partial charge in [0.15, 0.2) is 0 Å². The summed E-state index contributed by atoms with van der Waals surface area (Å²) in [6, 6.07) is 13.2. The Morgan fingerprint density at radius 2 is 1.95 bits per heavy atom. The Labute approximate surface area is 115 Å². The van der Waals surface area contributed by atoms with Crippen molar-refractivity contribution in [1.29, 1.82) is 0 Å². The minimum Gasteiger partial charge on any atom is -0.444 e. The molecule has 0 aliphatic rings. The second-order valence-corrected chi connectivity index (χ2v) is 4.15. The van der Waals surface area contributed by atoms with E-state index >= 15 is 0 Å². The first-order valence-electron chi connectivity index (χ1n) is 6.06. The zero-order chi connectivity index (χ0) is 14.4. The monoisotopic (exact) mass is 275 g/mol. The zero-order valence-corrected chi connectivity index (χ0v) is 10.7. The Hall–Kier alpha value is -2.40. The van der Waals surface area contributed by atoms with E-state index in [2.05, 4.69) is 5.32 Å². The Bertz CT molecular complexity index is 587. The molecule has 4 nitrogen and oxygen atoms in total. The van der Waals surface area contributed by atoms with Crippen molar-refractivity contribution in [2.75, 3.05) is 5.32 Å². The molecule has 0 radical (unpaired) electrons. The van der Waals surface area contributed by atoms with E-state index in [4.69, 9.17) is 9.84 Å². The summed E-state index contributed by atoms with van der Waals surface area (Å²) < 4.78 is 18.2.